The Hall–Kier alpha value is -2.73. The Morgan fingerprint density at radius 3 is 2.36 bits per heavy atom. The molecule has 2 aromatic rings. The highest BCUT2D eigenvalue weighted by molar-refractivity contribution is 6.01. The van der Waals surface area contributed by atoms with Crippen molar-refractivity contribution < 1.29 is 14.0 Å². The van der Waals surface area contributed by atoms with E-state index in [4.69, 9.17) is 0 Å². The summed E-state index contributed by atoms with van der Waals surface area (Å²) in [5, 5.41) is 4.96. The second-order valence-electron chi connectivity index (χ2n) is 6.13. The van der Waals surface area contributed by atoms with E-state index < -0.39 is 6.03 Å². The number of rotatable bonds is 6. The topological polar surface area (TPSA) is 61.4 Å². The molecule has 0 atom stereocenters. The van der Waals surface area contributed by atoms with Gasteiger partial charge in [0.15, 0.2) is 0 Å². The molecule has 0 heterocycles. The molecule has 0 radical (unpaired) electrons. The van der Waals surface area contributed by atoms with Crippen molar-refractivity contribution in [2.45, 2.75) is 25.4 Å². The molecular weight excluding hydrogens is 321 g/mol. The fraction of sp³-hybridized carbons (Fsp3) is 0.263. The van der Waals surface area contributed by atoms with Gasteiger partial charge in [0.05, 0.1) is 6.54 Å². The summed E-state index contributed by atoms with van der Waals surface area (Å²) in [6.45, 7) is 0.683. The van der Waals surface area contributed by atoms with Crippen LogP contribution in [0.4, 0.5) is 14.9 Å². The Morgan fingerprint density at radius 2 is 1.72 bits per heavy atom. The largest absolute Gasteiger partial charge is 0.325 e. The minimum atomic E-state index is -0.547. The number of para-hydroxylation sites is 1. The highest BCUT2D eigenvalue weighted by atomic mass is 19.1. The van der Waals surface area contributed by atoms with Crippen LogP contribution >= 0.6 is 0 Å². The first kappa shape index (κ1) is 17.1. The number of anilines is 1. The van der Waals surface area contributed by atoms with Crippen molar-refractivity contribution in [2.75, 3.05) is 11.9 Å². The fourth-order valence-electron chi connectivity index (χ4n) is 2.61. The maximum absolute atomic E-state index is 13.0. The van der Waals surface area contributed by atoms with Crippen molar-refractivity contribution in [2.24, 2.45) is 0 Å². The van der Waals surface area contributed by atoms with Crippen molar-refractivity contribution in [1.82, 2.24) is 10.2 Å². The van der Waals surface area contributed by atoms with Crippen LogP contribution in [0.5, 0.6) is 0 Å². The van der Waals surface area contributed by atoms with Crippen LogP contribution < -0.4 is 10.6 Å². The summed E-state index contributed by atoms with van der Waals surface area (Å²) in [6, 6.07) is 15.0. The Labute approximate surface area is 145 Å². The average Bonchev–Trinajstić information content (AvgIpc) is 3.42. The molecule has 1 fully saturated rings. The standard InChI is InChI=1S/C19H20FN3O2/c20-15-8-6-14(7-9-15)12-23(17-10-11-17)13-18(24)22-19(25)21-16-4-2-1-3-5-16/h1-9,17H,10-13H2,(H2,21,22,24,25). The fourth-order valence-corrected chi connectivity index (χ4v) is 2.61. The number of nitrogens with zero attached hydrogens (tertiary/aromatic N) is 1. The molecule has 25 heavy (non-hydrogen) atoms. The summed E-state index contributed by atoms with van der Waals surface area (Å²) >= 11 is 0. The second kappa shape index (κ2) is 7.90. The molecule has 1 aliphatic rings. The molecule has 2 aromatic carbocycles. The van der Waals surface area contributed by atoms with Crippen LogP contribution in [0.1, 0.15) is 18.4 Å². The molecule has 3 rings (SSSR count). The van der Waals surface area contributed by atoms with E-state index in [0.717, 1.165) is 18.4 Å². The number of benzene rings is 2. The normalized spacial score (nSPS) is 13.5. The maximum atomic E-state index is 13.0. The molecule has 0 unspecified atom stereocenters. The quantitative estimate of drug-likeness (QED) is 0.848. The monoisotopic (exact) mass is 341 g/mol. The first-order chi connectivity index (χ1) is 12.1. The number of hydrogen-bond acceptors (Lipinski definition) is 3. The molecule has 6 heteroatoms. The number of carbonyl (C=O) groups excluding carboxylic acids is 2. The van der Waals surface area contributed by atoms with Crippen molar-refractivity contribution >= 4 is 17.6 Å². The van der Waals surface area contributed by atoms with Crippen LogP contribution in [0, 0.1) is 5.82 Å². The molecular formula is C19H20FN3O2. The van der Waals surface area contributed by atoms with Crippen LogP contribution in [0.15, 0.2) is 54.6 Å². The predicted molar refractivity (Wildman–Crippen MR) is 93.4 cm³/mol. The molecule has 2 N–H and O–H groups in total. The van der Waals surface area contributed by atoms with Gasteiger partial charge in [0.1, 0.15) is 5.82 Å². The van der Waals surface area contributed by atoms with Gasteiger partial charge in [-0.1, -0.05) is 30.3 Å². The lowest BCUT2D eigenvalue weighted by atomic mass is 10.2. The summed E-state index contributed by atoms with van der Waals surface area (Å²) in [4.78, 5) is 26.1. The maximum Gasteiger partial charge on any atom is 0.325 e. The van der Waals surface area contributed by atoms with Gasteiger partial charge in [-0.25, -0.2) is 9.18 Å². The zero-order chi connectivity index (χ0) is 17.6. The minimum absolute atomic E-state index is 0.129. The molecule has 3 amide bonds. The van der Waals surface area contributed by atoms with Gasteiger partial charge < -0.3 is 5.32 Å². The molecule has 0 aromatic heterocycles. The van der Waals surface area contributed by atoms with E-state index in [0.29, 0.717) is 18.3 Å². The second-order valence-corrected chi connectivity index (χ2v) is 6.13. The molecule has 0 spiro atoms. The number of nitrogens with one attached hydrogen (secondary N) is 2. The summed E-state index contributed by atoms with van der Waals surface area (Å²) in [6.07, 6.45) is 2.06. The van der Waals surface area contributed by atoms with E-state index in [1.54, 1.807) is 36.4 Å². The van der Waals surface area contributed by atoms with E-state index in [1.807, 2.05) is 11.0 Å². The zero-order valence-corrected chi connectivity index (χ0v) is 13.7. The number of urea groups is 1. The lowest BCUT2D eigenvalue weighted by Crippen LogP contribution is -2.42. The summed E-state index contributed by atoms with van der Waals surface area (Å²) in [7, 11) is 0. The number of imide groups is 1. The van der Waals surface area contributed by atoms with E-state index in [2.05, 4.69) is 10.6 Å². The zero-order valence-electron chi connectivity index (χ0n) is 13.7. The first-order valence-electron chi connectivity index (χ1n) is 8.24. The van der Waals surface area contributed by atoms with E-state index in [1.165, 1.54) is 12.1 Å². The molecule has 1 saturated carbocycles. The molecule has 0 bridgehead atoms. The van der Waals surface area contributed by atoms with Crippen molar-refractivity contribution in [3.8, 4) is 0 Å². The van der Waals surface area contributed by atoms with Crippen molar-refractivity contribution in [3.05, 3.63) is 66.0 Å². The minimum Gasteiger partial charge on any atom is -0.308 e. The number of hydrogen-bond donors (Lipinski definition) is 2. The van der Waals surface area contributed by atoms with Gasteiger partial charge in [-0.2, -0.15) is 0 Å². The van der Waals surface area contributed by atoms with Gasteiger partial charge in [0, 0.05) is 18.3 Å². The van der Waals surface area contributed by atoms with Gasteiger partial charge in [-0.05, 0) is 42.7 Å². The highest BCUT2D eigenvalue weighted by Gasteiger charge is 2.30. The number of halogens is 1. The van der Waals surface area contributed by atoms with Crippen LogP contribution in [0.2, 0.25) is 0 Å². The third-order valence-corrected chi connectivity index (χ3v) is 3.99. The van der Waals surface area contributed by atoms with E-state index in [-0.39, 0.29) is 18.3 Å². The van der Waals surface area contributed by atoms with Crippen LogP contribution in [-0.4, -0.2) is 29.4 Å². The Kier molecular flexibility index (Phi) is 5.40. The third kappa shape index (κ3) is 5.39. The number of amides is 3. The lowest BCUT2D eigenvalue weighted by Gasteiger charge is -2.21. The van der Waals surface area contributed by atoms with Gasteiger partial charge >= 0.3 is 6.03 Å². The third-order valence-electron chi connectivity index (χ3n) is 3.99. The average molecular weight is 341 g/mol. The van der Waals surface area contributed by atoms with Crippen molar-refractivity contribution in [3.63, 3.8) is 0 Å². The smallest absolute Gasteiger partial charge is 0.308 e. The van der Waals surface area contributed by atoms with Crippen LogP contribution in [-0.2, 0) is 11.3 Å². The Balaban J connectivity index is 1.52. The molecule has 0 aliphatic heterocycles. The molecule has 0 saturated heterocycles. The van der Waals surface area contributed by atoms with Gasteiger partial charge in [-0.15, -0.1) is 0 Å². The van der Waals surface area contributed by atoms with Gasteiger partial charge in [0.2, 0.25) is 5.91 Å². The van der Waals surface area contributed by atoms with Crippen LogP contribution in [0.3, 0.4) is 0 Å². The summed E-state index contributed by atoms with van der Waals surface area (Å²) in [5.41, 5.74) is 1.56. The Morgan fingerprint density at radius 1 is 1.04 bits per heavy atom. The summed E-state index contributed by atoms with van der Waals surface area (Å²) in [5.74, 6) is -0.639. The summed E-state index contributed by atoms with van der Waals surface area (Å²) < 4.78 is 13.0. The molecule has 1 aliphatic carbocycles. The SMILES string of the molecule is O=C(CN(Cc1ccc(F)cc1)C1CC1)NC(=O)Nc1ccccc1. The first-order valence-corrected chi connectivity index (χ1v) is 8.24. The molecule has 130 valence electrons. The van der Waals surface area contributed by atoms with Gasteiger partial charge in [0.25, 0.3) is 0 Å². The van der Waals surface area contributed by atoms with Crippen molar-refractivity contribution in [1.29, 1.82) is 0 Å². The van der Waals surface area contributed by atoms with E-state index >= 15 is 0 Å². The van der Waals surface area contributed by atoms with Crippen LogP contribution in [0.25, 0.3) is 0 Å². The Bertz CT molecular complexity index is 730. The lowest BCUT2D eigenvalue weighted by molar-refractivity contribution is -0.121. The van der Waals surface area contributed by atoms with E-state index in [9.17, 15) is 14.0 Å². The highest BCUT2D eigenvalue weighted by Crippen LogP contribution is 2.28. The molecule has 5 nitrogen and oxygen atoms in total. The van der Waals surface area contributed by atoms with Gasteiger partial charge in [-0.3, -0.25) is 15.0 Å². The predicted octanol–water partition coefficient (Wildman–Crippen LogP) is 3.14. The number of carbonyl (C=O) groups is 2.